The van der Waals surface area contributed by atoms with E-state index >= 15 is 0 Å². The fourth-order valence-corrected chi connectivity index (χ4v) is 2.89. The third-order valence-corrected chi connectivity index (χ3v) is 4.31. The van der Waals surface area contributed by atoms with Crippen LogP contribution in [0.15, 0.2) is 48.8 Å². The van der Waals surface area contributed by atoms with Crippen molar-refractivity contribution in [3.05, 3.63) is 65.6 Å². The normalized spacial score (nSPS) is 11.1. The number of nitrogens with zero attached hydrogens (tertiary/aromatic N) is 1. The number of carbonyl (C=O) groups excluding carboxylic acids is 2. The third-order valence-electron chi connectivity index (χ3n) is 4.31. The molecule has 0 aliphatic carbocycles. The lowest BCUT2D eigenvalue weighted by atomic mass is 10.0. The standard InChI is InChI=1S/C22H21N3O2/c1-4-22(2,3)25-21(27)19-13-15(8-10-23-19)12-18(26)14-17-7-5-6-16-9-11-24-20(16)17/h1,5-11,13,24H,12,14H2,2-3H3,(H,25,27). The summed E-state index contributed by atoms with van der Waals surface area (Å²) in [7, 11) is 0. The highest BCUT2D eigenvalue weighted by atomic mass is 16.2. The highest BCUT2D eigenvalue weighted by Gasteiger charge is 2.19. The Labute approximate surface area is 158 Å². The Hall–Kier alpha value is -3.39. The van der Waals surface area contributed by atoms with E-state index in [1.807, 2.05) is 30.5 Å². The quantitative estimate of drug-likeness (QED) is 0.664. The van der Waals surface area contributed by atoms with Crippen LogP contribution >= 0.6 is 0 Å². The van der Waals surface area contributed by atoms with Gasteiger partial charge in [-0.1, -0.05) is 24.1 Å². The zero-order valence-electron chi connectivity index (χ0n) is 15.4. The van der Waals surface area contributed by atoms with Gasteiger partial charge in [0, 0.05) is 30.8 Å². The monoisotopic (exact) mass is 359 g/mol. The molecule has 136 valence electrons. The smallest absolute Gasteiger partial charge is 0.271 e. The largest absolute Gasteiger partial charge is 0.361 e. The summed E-state index contributed by atoms with van der Waals surface area (Å²) >= 11 is 0. The van der Waals surface area contributed by atoms with Crippen molar-refractivity contribution in [2.45, 2.75) is 32.2 Å². The first-order valence-electron chi connectivity index (χ1n) is 8.70. The molecule has 0 saturated heterocycles. The summed E-state index contributed by atoms with van der Waals surface area (Å²) in [4.78, 5) is 32.1. The molecule has 5 nitrogen and oxygen atoms in total. The Morgan fingerprint density at radius 3 is 2.81 bits per heavy atom. The van der Waals surface area contributed by atoms with Crippen LogP contribution in [0.1, 0.15) is 35.5 Å². The summed E-state index contributed by atoms with van der Waals surface area (Å²) in [6.07, 6.45) is 9.36. The molecular weight excluding hydrogens is 338 g/mol. The Morgan fingerprint density at radius 1 is 1.22 bits per heavy atom. The van der Waals surface area contributed by atoms with Crippen LogP contribution in [0.3, 0.4) is 0 Å². The number of pyridine rings is 1. The number of aromatic nitrogens is 2. The summed E-state index contributed by atoms with van der Waals surface area (Å²) in [5.74, 6) is 2.22. The van der Waals surface area contributed by atoms with Crippen molar-refractivity contribution in [3.8, 4) is 12.3 Å². The first-order chi connectivity index (χ1) is 12.9. The number of rotatable bonds is 6. The maximum atomic E-state index is 12.5. The van der Waals surface area contributed by atoms with E-state index in [9.17, 15) is 9.59 Å². The second kappa shape index (κ2) is 7.46. The van der Waals surface area contributed by atoms with Gasteiger partial charge >= 0.3 is 0 Å². The Balaban J connectivity index is 1.71. The maximum Gasteiger partial charge on any atom is 0.271 e. The summed E-state index contributed by atoms with van der Waals surface area (Å²) < 4.78 is 0. The van der Waals surface area contributed by atoms with Gasteiger partial charge in [-0.3, -0.25) is 14.6 Å². The number of hydrogen-bond donors (Lipinski definition) is 2. The molecule has 2 N–H and O–H groups in total. The molecule has 0 spiro atoms. The number of ketones is 1. The topological polar surface area (TPSA) is 74.8 Å². The molecule has 5 heteroatoms. The average Bonchev–Trinajstić information content (AvgIpc) is 3.11. The minimum Gasteiger partial charge on any atom is -0.361 e. The molecule has 2 aromatic heterocycles. The van der Waals surface area contributed by atoms with Crippen LogP contribution < -0.4 is 5.32 Å². The van der Waals surface area contributed by atoms with Crippen molar-refractivity contribution in [3.63, 3.8) is 0 Å². The molecule has 3 rings (SSSR count). The van der Waals surface area contributed by atoms with Crippen LogP contribution in [0, 0.1) is 12.3 Å². The molecule has 0 aliphatic heterocycles. The number of benzene rings is 1. The molecule has 1 amide bonds. The predicted molar refractivity (Wildman–Crippen MR) is 105 cm³/mol. The minimum atomic E-state index is -0.765. The molecular formula is C22H21N3O2. The number of aromatic amines is 1. The van der Waals surface area contributed by atoms with Gasteiger partial charge in [-0.2, -0.15) is 0 Å². The van der Waals surface area contributed by atoms with E-state index in [1.54, 1.807) is 26.0 Å². The van der Waals surface area contributed by atoms with Gasteiger partial charge in [-0.05, 0) is 48.6 Å². The molecule has 0 radical (unpaired) electrons. The number of para-hydroxylation sites is 1. The summed E-state index contributed by atoms with van der Waals surface area (Å²) in [6, 6.07) is 11.3. The Bertz CT molecular complexity index is 1040. The van der Waals surface area contributed by atoms with Gasteiger partial charge in [0.15, 0.2) is 0 Å². The fraction of sp³-hybridized carbons (Fsp3) is 0.227. The summed E-state index contributed by atoms with van der Waals surface area (Å²) in [5, 5.41) is 3.82. The number of Topliss-reactive ketones (excluding diaryl/α,β-unsaturated/α-hetero) is 1. The lowest BCUT2D eigenvalue weighted by molar-refractivity contribution is -0.117. The maximum absolute atomic E-state index is 12.5. The highest BCUT2D eigenvalue weighted by Crippen LogP contribution is 2.18. The molecule has 0 saturated carbocycles. The minimum absolute atomic E-state index is 0.0682. The molecule has 0 unspecified atom stereocenters. The zero-order valence-corrected chi connectivity index (χ0v) is 15.4. The first kappa shape index (κ1) is 18.4. The van der Waals surface area contributed by atoms with E-state index in [0.717, 1.165) is 22.0 Å². The van der Waals surface area contributed by atoms with Gasteiger partial charge in [-0.25, -0.2) is 0 Å². The van der Waals surface area contributed by atoms with Gasteiger partial charge < -0.3 is 10.3 Å². The van der Waals surface area contributed by atoms with Gasteiger partial charge in [0.2, 0.25) is 0 Å². The lowest BCUT2D eigenvalue weighted by Crippen LogP contribution is -2.42. The summed E-state index contributed by atoms with van der Waals surface area (Å²) in [5.41, 5.74) is 2.18. The van der Waals surface area contributed by atoms with Gasteiger partial charge in [0.25, 0.3) is 5.91 Å². The van der Waals surface area contributed by atoms with E-state index in [4.69, 9.17) is 6.42 Å². The van der Waals surface area contributed by atoms with Gasteiger partial charge in [0.1, 0.15) is 11.5 Å². The highest BCUT2D eigenvalue weighted by molar-refractivity contribution is 5.94. The SMILES string of the molecule is C#CC(C)(C)NC(=O)c1cc(CC(=O)Cc2cccc3cc[nH]c23)ccn1. The fourth-order valence-electron chi connectivity index (χ4n) is 2.89. The molecule has 3 aromatic rings. The molecule has 0 bridgehead atoms. The van der Waals surface area contributed by atoms with Crippen molar-refractivity contribution in [2.75, 3.05) is 0 Å². The number of amides is 1. The van der Waals surface area contributed by atoms with Crippen molar-refractivity contribution >= 4 is 22.6 Å². The second-order valence-corrected chi connectivity index (χ2v) is 7.02. The van der Waals surface area contributed by atoms with Gasteiger partial charge in [0.05, 0.1) is 5.54 Å². The zero-order chi connectivity index (χ0) is 19.4. The lowest BCUT2D eigenvalue weighted by Gasteiger charge is -2.19. The van der Waals surface area contributed by atoms with Crippen LogP contribution in [-0.2, 0) is 17.6 Å². The molecule has 1 aromatic carbocycles. The van der Waals surface area contributed by atoms with Crippen LogP contribution in [0.5, 0.6) is 0 Å². The molecule has 0 aliphatic rings. The summed E-state index contributed by atoms with van der Waals surface area (Å²) in [6.45, 7) is 3.47. The molecule has 2 heterocycles. The van der Waals surface area contributed by atoms with Crippen LogP contribution in [0.4, 0.5) is 0 Å². The molecule has 27 heavy (non-hydrogen) atoms. The van der Waals surface area contributed by atoms with Gasteiger partial charge in [-0.15, -0.1) is 6.42 Å². The number of hydrogen-bond acceptors (Lipinski definition) is 3. The number of terminal acetylenes is 1. The van der Waals surface area contributed by atoms with E-state index < -0.39 is 5.54 Å². The van der Waals surface area contributed by atoms with E-state index in [-0.39, 0.29) is 23.8 Å². The van der Waals surface area contributed by atoms with Crippen molar-refractivity contribution in [1.82, 2.24) is 15.3 Å². The third kappa shape index (κ3) is 4.42. The number of nitrogens with one attached hydrogen (secondary N) is 2. The van der Waals surface area contributed by atoms with Crippen LogP contribution in [0.25, 0.3) is 10.9 Å². The predicted octanol–water partition coefficient (Wildman–Crippen LogP) is 3.06. The van der Waals surface area contributed by atoms with Crippen molar-refractivity contribution < 1.29 is 9.59 Å². The number of carbonyl (C=O) groups is 2. The van der Waals surface area contributed by atoms with Crippen LogP contribution in [-0.4, -0.2) is 27.2 Å². The van der Waals surface area contributed by atoms with E-state index in [1.165, 1.54) is 6.20 Å². The van der Waals surface area contributed by atoms with E-state index in [2.05, 4.69) is 21.2 Å². The molecule has 0 fully saturated rings. The Kier molecular flexibility index (Phi) is 5.09. The molecule has 0 atom stereocenters. The average molecular weight is 359 g/mol. The van der Waals surface area contributed by atoms with Crippen LogP contribution in [0.2, 0.25) is 0 Å². The number of fused-ring (bicyclic) bond motifs is 1. The Morgan fingerprint density at radius 2 is 2.04 bits per heavy atom. The second-order valence-electron chi connectivity index (χ2n) is 7.02. The van der Waals surface area contributed by atoms with Crippen molar-refractivity contribution in [1.29, 1.82) is 0 Å². The van der Waals surface area contributed by atoms with Crippen molar-refractivity contribution in [2.24, 2.45) is 0 Å². The first-order valence-corrected chi connectivity index (χ1v) is 8.70. The van der Waals surface area contributed by atoms with E-state index in [0.29, 0.717) is 6.42 Å². The number of H-pyrrole nitrogens is 1.